The highest BCUT2D eigenvalue weighted by Gasteiger charge is 2.19. The molecule has 0 unspecified atom stereocenters. The van der Waals surface area contributed by atoms with Gasteiger partial charge in [0, 0.05) is 11.9 Å². The van der Waals surface area contributed by atoms with E-state index in [-0.39, 0.29) is 11.3 Å². The quantitative estimate of drug-likeness (QED) is 0.675. The molecule has 0 aromatic carbocycles. The molecular formula is C13H16ClN3O2S. The summed E-state index contributed by atoms with van der Waals surface area (Å²) in [7, 11) is 0. The summed E-state index contributed by atoms with van der Waals surface area (Å²) in [5.74, 6) is 0.666. The van der Waals surface area contributed by atoms with Crippen LogP contribution in [0.5, 0.6) is 0 Å². The lowest BCUT2D eigenvalue weighted by molar-refractivity contribution is 0.0529. The summed E-state index contributed by atoms with van der Waals surface area (Å²) >= 11 is 7.27. The Labute approximate surface area is 126 Å². The predicted molar refractivity (Wildman–Crippen MR) is 81.7 cm³/mol. The van der Waals surface area contributed by atoms with Gasteiger partial charge in [-0.3, -0.25) is 0 Å². The molecule has 0 aliphatic rings. The van der Waals surface area contributed by atoms with E-state index >= 15 is 0 Å². The summed E-state index contributed by atoms with van der Waals surface area (Å²) in [5.41, 5.74) is 0.481. The van der Waals surface area contributed by atoms with Crippen molar-refractivity contribution in [2.24, 2.45) is 5.92 Å². The van der Waals surface area contributed by atoms with Gasteiger partial charge >= 0.3 is 5.97 Å². The van der Waals surface area contributed by atoms with Gasteiger partial charge in [-0.25, -0.2) is 14.8 Å². The fourth-order valence-corrected chi connectivity index (χ4v) is 2.83. The fraction of sp³-hybridized carbons (Fsp3) is 0.462. The van der Waals surface area contributed by atoms with Crippen LogP contribution < -0.4 is 5.32 Å². The molecule has 1 N–H and O–H groups in total. The number of fused-ring (bicyclic) bond motifs is 1. The largest absolute Gasteiger partial charge is 0.462 e. The van der Waals surface area contributed by atoms with Crippen LogP contribution in [0.25, 0.3) is 10.2 Å². The molecule has 2 aromatic rings. The molecule has 0 amide bonds. The Hall–Kier alpha value is -1.40. The summed E-state index contributed by atoms with van der Waals surface area (Å²) in [4.78, 5) is 21.0. The maximum Gasteiger partial charge on any atom is 0.339 e. The van der Waals surface area contributed by atoms with E-state index in [2.05, 4.69) is 29.1 Å². The molecule has 2 aromatic heterocycles. The van der Waals surface area contributed by atoms with E-state index in [9.17, 15) is 4.79 Å². The van der Waals surface area contributed by atoms with E-state index in [0.29, 0.717) is 34.1 Å². The number of esters is 1. The first-order chi connectivity index (χ1) is 9.52. The molecule has 0 saturated carbocycles. The molecule has 0 aliphatic carbocycles. The van der Waals surface area contributed by atoms with Gasteiger partial charge in [0.05, 0.1) is 17.6 Å². The molecule has 0 saturated heterocycles. The number of hydrogen-bond donors (Lipinski definition) is 1. The van der Waals surface area contributed by atoms with Crippen LogP contribution in [-0.4, -0.2) is 29.1 Å². The van der Waals surface area contributed by atoms with Gasteiger partial charge in [-0.15, -0.1) is 11.3 Å². The van der Waals surface area contributed by atoms with Crippen LogP contribution in [0.2, 0.25) is 5.28 Å². The predicted octanol–water partition coefficient (Wildman–Crippen LogP) is 3.59. The van der Waals surface area contributed by atoms with E-state index in [1.807, 2.05) is 0 Å². The molecule has 7 heteroatoms. The molecule has 0 bridgehead atoms. The van der Waals surface area contributed by atoms with Crippen molar-refractivity contribution in [2.75, 3.05) is 18.5 Å². The first-order valence-corrected chi connectivity index (χ1v) is 7.64. The van der Waals surface area contributed by atoms with E-state index in [1.165, 1.54) is 11.3 Å². The summed E-state index contributed by atoms with van der Waals surface area (Å²) in [6.07, 6.45) is 0. The Morgan fingerprint density at radius 3 is 2.90 bits per heavy atom. The van der Waals surface area contributed by atoms with Crippen molar-refractivity contribution in [3.63, 3.8) is 0 Å². The van der Waals surface area contributed by atoms with E-state index in [0.717, 1.165) is 6.54 Å². The van der Waals surface area contributed by atoms with Crippen LogP contribution >= 0.6 is 22.9 Å². The number of aromatic nitrogens is 2. The molecule has 0 aliphatic heterocycles. The normalized spacial score (nSPS) is 11.1. The summed E-state index contributed by atoms with van der Waals surface area (Å²) in [5, 5.41) is 5.79. The molecule has 2 rings (SSSR count). The zero-order chi connectivity index (χ0) is 14.7. The second-order valence-electron chi connectivity index (χ2n) is 4.67. The molecule has 0 fully saturated rings. The second-order valence-corrected chi connectivity index (χ2v) is 5.86. The van der Waals surface area contributed by atoms with Crippen LogP contribution in [0.4, 0.5) is 5.82 Å². The summed E-state index contributed by atoms with van der Waals surface area (Å²) in [6.45, 7) is 7.03. The van der Waals surface area contributed by atoms with Crippen molar-refractivity contribution in [3.05, 3.63) is 16.2 Å². The molecule has 108 valence electrons. The van der Waals surface area contributed by atoms with Gasteiger partial charge in [0.1, 0.15) is 10.6 Å². The third-order valence-electron chi connectivity index (χ3n) is 2.58. The maximum absolute atomic E-state index is 12.0. The van der Waals surface area contributed by atoms with Crippen molar-refractivity contribution in [2.45, 2.75) is 20.8 Å². The Morgan fingerprint density at radius 2 is 2.25 bits per heavy atom. The first-order valence-electron chi connectivity index (χ1n) is 6.38. The molecule has 0 radical (unpaired) electrons. The topological polar surface area (TPSA) is 64.1 Å². The standard InChI is InChI=1S/C13H16ClN3O2S/c1-4-19-12(18)8-6-20-11-9(8)10(15-5-7(2)3)16-13(14)17-11/h6-7H,4-5H2,1-3H3,(H,15,16,17). The summed E-state index contributed by atoms with van der Waals surface area (Å²) in [6, 6.07) is 0. The number of anilines is 1. The lowest BCUT2D eigenvalue weighted by Crippen LogP contribution is -2.11. The number of nitrogens with zero attached hydrogens (tertiary/aromatic N) is 2. The highest BCUT2D eigenvalue weighted by molar-refractivity contribution is 7.17. The second kappa shape index (κ2) is 6.37. The number of rotatable bonds is 5. The smallest absolute Gasteiger partial charge is 0.339 e. The van der Waals surface area contributed by atoms with Gasteiger partial charge in [-0.2, -0.15) is 0 Å². The molecule has 2 heterocycles. The van der Waals surface area contributed by atoms with Crippen LogP contribution in [0.15, 0.2) is 5.38 Å². The highest BCUT2D eigenvalue weighted by Crippen LogP contribution is 2.31. The van der Waals surface area contributed by atoms with Crippen molar-refractivity contribution < 1.29 is 9.53 Å². The summed E-state index contributed by atoms with van der Waals surface area (Å²) < 4.78 is 5.06. The number of thiophene rings is 1. The molecular weight excluding hydrogens is 298 g/mol. The minimum absolute atomic E-state index is 0.168. The Kier molecular flexibility index (Phi) is 4.77. The molecule has 0 atom stereocenters. The molecule has 5 nitrogen and oxygen atoms in total. The van der Waals surface area contributed by atoms with Crippen LogP contribution in [0.3, 0.4) is 0 Å². The molecule has 0 spiro atoms. The van der Waals surface area contributed by atoms with Crippen LogP contribution in [-0.2, 0) is 4.74 Å². The maximum atomic E-state index is 12.0. The van der Waals surface area contributed by atoms with Gasteiger partial charge < -0.3 is 10.1 Å². The van der Waals surface area contributed by atoms with Gasteiger partial charge in [-0.1, -0.05) is 13.8 Å². The van der Waals surface area contributed by atoms with Crippen molar-refractivity contribution in [3.8, 4) is 0 Å². The number of carbonyl (C=O) groups is 1. The number of halogens is 1. The average molecular weight is 314 g/mol. The van der Waals surface area contributed by atoms with Gasteiger partial charge in [0.2, 0.25) is 5.28 Å². The third kappa shape index (κ3) is 3.19. The Balaban J connectivity index is 2.47. The van der Waals surface area contributed by atoms with E-state index < -0.39 is 0 Å². The van der Waals surface area contributed by atoms with Crippen LogP contribution in [0.1, 0.15) is 31.1 Å². The number of carbonyl (C=O) groups excluding carboxylic acids is 1. The van der Waals surface area contributed by atoms with E-state index in [4.69, 9.17) is 16.3 Å². The van der Waals surface area contributed by atoms with Gasteiger partial charge in [0.15, 0.2) is 0 Å². The third-order valence-corrected chi connectivity index (χ3v) is 3.62. The number of hydrogen-bond acceptors (Lipinski definition) is 6. The Bertz CT molecular complexity index is 627. The lowest BCUT2D eigenvalue weighted by Gasteiger charge is -2.10. The number of ether oxygens (including phenoxy) is 1. The zero-order valence-corrected chi connectivity index (χ0v) is 13.1. The minimum atomic E-state index is -0.364. The zero-order valence-electron chi connectivity index (χ0n) is 11.6. The van der Waals surface area contributed by atoms with Gasteiger partial charge in [-0.05, 0) is 24.4 Å². The minimum Gasteiger partial charge on any atom is -0.462 e. The monoisotopic (exact) mass is 313 g/mol. The average Bonchev–Trinajstić information content (AvgIpc) is 2.79. The lowest BCUT2D eigenvalue weighted by atomic mass is 10.2. The van der Waals surface area contributed by atoms with Crippen molar-refractivity contribution >= 4 is 44.9 Å². The molecule has 20 heavy (non-hydrogen) atoms. The fourth-order valence-electron chi connectivity index (χ4n) is 1.70. The van der Waals surface area contributed by atoms with E-state index in [1.54, 1.807) is 12.3 Å². The van der Waals surface area contributed by atoms with Crippen molar-refractivity contribution in [1.29, 1.82) is 0 Å². The highest BCUT2D eigenvalue weighted by atomic mass is 35.5. The first kappa shape index (κ1) is 15.0. The Morgan fingerprint density at radius 1 is 1.50 bits per heavy atom. The van der Waals surface area contributed by atoms with Crippen LogP contribution in [0, 0.1) is 5.92 Å². The SMILES string of the molecule is CCOC(=O)c1csc2nc(Cl)nc(NCC(C)C)c12. The van der Waals surface area contributed by atoms with Gasteiger partial charge in [0.25, 0.3) is 0 Å². The van der Waals surface area contributed by atoms with Crippen molar-refractivity contribution in [1.82, 2.24) is 9.97 Å². The number of nitrogens with one attached hydrogen (secondary N) is 1.